The number of methoxy groups -OCH3 is 2. The van der Waals surface area contributed by atoms with Crippen LogP contribution in [-0.2, 0) is 16.0 Å². The Balaban J connectivity index is 2.12. The lowest BCUT2D eigenvalue weighted by molar-refractivity contribution is -0.143. The minimum Gasteiger partial charge on any atom is -0.497 e. The van der Waals surface area contributed by atoms with Crippen molar-refractivity contribution in [3.8, 4) is 11.5 Å². The second-order valence-corrected chi connectivity index (χ2v) is 6.15. The number of esters is 1. The quantitative estimate of drug-likeness (QED) is 0.587. The van der Waals surface area contributed by atoms with Gasteiger partial charge in [0.1, 0.15) is 11.5 Å². The van der Waals surface area contributed by atoms with Crippen LogP contribution < -0.4 is 9.47 Å². The van der Waals surface area contributed by atoms with E-state index in [1.54, 1.807) is 37.1 Å². The zero-order chi connectivity index (χ0) is 20.4. The topological polar surface area (TPSA) is 65.1 Å². The summed E-state index contributed by atoms with van der Waals surface area (Å²) in [6.07, 6.45) is 0.811. The molecule has 0 fully saturated rings. The predicted octanol–water partition coefficient (Wildman–Crippen LogP) is 3.34. The van der Waals surface area contributed by atoms with Gasteiger partial charge in [0.05, 0.1) is 32.8 Å². The fraction of sp³-hybridized carbons (Fsp3) is 0.364. The highest BCUT2D eigenvalue weighted by Gasteiger charge is 2.20. The number of ether oxygens (including phenoxy) is 3. The van der Waals surface area contributed by atoms with Gasteiger partial charge in [0, 0.05) is 13.1 Å². The molecule has 6 nitrogen and oxygen atoms in total. The fourth-order valence-electron chi connectivity index (χ4n) is 2.82. The molecule has 0 heterocycles. The summed E-state index contributed by atoms with van der Waals surface area (Å²) in [5.41, 5.74) is 1.55. The number of amides is 1. The van der Waals surface area contributed by atoms with Gasteiger partial charge in [-0.3, -0.25) is 9.59 Å². The van der Waals surface area contributed by atoms with Crippen LogP contribution in [0.2, 0.25) is 0 Å². The third kappa shape index (κ3) is 6.01. The first-order valence-corrected chi connectivity index (χ1v) is 9.29. The number of benzene rings is 2. The van der Waals surface area contributed by atoms with E-state index in [4.69, 9.17) is 14.2 Å². The summed E-state index contributed by atoms with van der Waals surface area (Å²) in [6, 6.07) is 14.8. The van der Waals surface area contributed by atoms with E-state index < -0.39 is 0 Å². The number of rotatable bonds is 10. The van der Waals surface area contributed by atoms with E-state index in [0.717, 1.165) is 11.3 Å². The highest BCUT2D eigenvalue weighted by Crippen LogP contribution is 2.20. The first-order valence-electron chi connectivity index (χ1n) is 9.29. The second kappa shape index (κ2) is 11.0. The number of hydrogen-bond donors (Lipinski definition) is 0. The van der Waals surface area contributed by atoms with Crippen LogP contribution in [0, 0.1) is 0 Å². The van der Waals surface area contributed by atoms with Crippen molar-refractivity contribution in [2.45, 2.75) is 19.8 Å². The molecule has 150 valence electrons. The Morgan fingerprint density at radius 3 is 2.29 bits per heavy atom. The Morgan fingerprint density at radius 1 is 0.929 bits per heavy atom. The maximum absolute atomic E-state index is 13.1. The minimum atomic E-state index is -0.315. The lowest BCUT2D eigenvalue weighted by Crippen LogP contribution is -2.35. The molecule has 28 heavy (non-hydrogen) atoms. The minimum absolute atomic E-state index is 0.150. The summed E-state index contributed by atoms with van der Waals surface area (Å²) in [4.78, 5) is 26.5. The maximum Gasteiger partial charge on any atom is 0.307 e. The van der Waals surface area contributed by atoms with Gasteiger partial charge in [-0.1, -0.05) is 24.3 Å². The van der Waals surface area contributed by atoms with Gasteiger partial charge in [-0.05, 0) is 43.2 Å². The lowest BCUT2D eigenvalue weighted by atomic mass is 10.1. The lowest BCUT2D eigenvalue weighted by Gasteiger charge is -2.23. The molecule has 0 saturated carbocycles. The standard InChI is InChI=1S/C22H27NO5/c1-4-28-21(24)14-16-23(15-13-17-9-11-18(26-2)12-10-17)22(25)19-7-5-6-8-20(19)27-3/h5-12H,4,13-16H2,1-3H3. The Morgan fingerprint density at radius 2 is 1.64 bits per heavy atom. The summed E-state index contributed by atoms with van der Waals surface area (Å²) in [5.74, 6) is 0.811. The largest absolute Gasteiger partial charge is 0.497 e. The van der Waals surface area contributed by atoms with E-state index in [9.17, 15) is 9.59 Å². The molecule has 6 heteroatoms. The van der Waals surface area contributed by atoms with E-state index in [-0.39, 0.29) is 24.8 Å². The predicted molar refractivity (Wildman–Crippen MR) is 107 cm³/mol. The molecular weight excluding hydrogens is 358 g/mol. The molecule has 0 radical (unpaired) electrons. The Bertz CT molecular complexity index is 773. The van der Waals surface area contributed by atoms with Crippen molar-refractivity contribution in [1.82, 2.24) is 4.90 Å². The molecule has 0 atom stereocenters. The molecule has 1 amide bonds. The summed E-state index contributed by atoms with van der Waals surface area (Å²) >= 11 is 0. The molecular formula is C22H27NO5. The molecule has 2 aromatic rings. The van der Waals surface area contributed by atoms with Crippen LogP contribution in [0.1, 0.15) is 29.3 Å². The van der Waals surface area contributed by atoms with Crippen LogP contribution in [0.5, 0.6) is 11.5 Å². The van der Waals surface area contributed by atoms with Crippen LogP contribution in [0.4, 0.5) is 0 Å². The highest BCUT2D eigenvalue weighted by molar-refractivity contribution is 5.97. The van der Waals surface area contributed by atoms with Crippen molar-refractivity contribution in [2.24, 2.45) is 0 Å². The zero-order valence-corrected chi connectivity index (χ0v) is 16.6. The van der Waals surface area contributed by atoms with Gasteiger partial charge >= 0.3 is 5.97 Å². The van der Waals surface area contributed by atoms with Crippen molar-refractivity contribution in [3.63, 3.8) is 0 Å². The second-order valence-electron chi connectivity index (χ2n) is 6.15. The summed E-state index contributed by atoms with van der Waals surface area (Å²) in [7, 11) is 3.16. The normalized spacial score (nSPS) is 10.2. The van der Waals surface area contributed by atoms with Crippen LogP contribution in [-0.4, -0.2) is 50.7 Å². The van der Waals surface area contributed by atoms with Crippen molar-refractivity contribution < 1.29 is 23.8 Å². The third-order valence-electron chi connectivity index (χ3n) is 4.35. The van der Waals surface area contributed by atoms with Crippen molar-refractivity contribution in [3.05, 3.63) is 59.7 Å². The summed E-state index contributed by atoms with van der Waals surface area (Å²) in [6.45, 7) is 2.85. The molecule has 0 spiro atoms. The molecule has 0 bridgehead atoms. The van der Waals surface area contributed by atoms with E-state index in [1.165, 1.54) is 7.11 Å². The average molecular weight is 385 g/mol. The Hall–Kier alpha value is -3.02. The zero-order valence-electron chi connectivity index (χ0n) is 16.6. The van der Waals surface area contributed by atoms with Crippen LogP contribution in [0.15, 0.2) is 48.5 Å². The number of hydrogen-bond acceptors (Lipinski definition) is 5. The van der Waals surface area contributed by atoms with Gasteiger partial charge in [-0.25, -0.2) is 0 Å². The number of carbonyl (C=O) groups is 2. The molecule has 0 N–H and O–H groups in total. The molecule has 0 saturated heterocycles. The van der Waals surface area contributed by atoms with Crippen LogP contribution >= 0.6 is 0 Å². The number of nitrogens with zero attached hydrogens (tertiary/aromatic N) is 1. The third-order valence-corrected chi connectivity index (χ3v) is 4.35. The first-order chi connectivity index (χ1) is 13.6. The van der Waals surface area contributed by atoms with Gasteiger partial charge in [0.2, 0.25) is 0 Å². The summed E-state index contributed by atoms with van der Waals surface area (Å²) < 4.78 is 15.5. The number of carbonyl (C=O) groups excluding carboxylic acids is 2. The molecule has 0 aliphatic heterocycles. The molecule has 2 rings (SSSR count). The maximum atomic E-state index is 13.1. The first kappa shape index (κ1) is 21.3. The van der Waals surface area contributed by atoms with E-state index in [1.807, 2.05) is 30.3 Å². The highest BCUT2D eigenvalue weighted by atomic mass is 16.5. The van der Waals surface area contributed by atoms with Gasteiger partial charge in [-0.15, -0.1) is 0 Å². The number of para-hydroxylation sites is 1. The van der Waals surface area contributed by atoms with Crippen LogP contribution in [0.25, 0.3) is 0 Å². The van der Waals surface area contributed by atoms with E-state index in [0.29, 0.717) is 30.9 Å². The Kier molecular flexibility index (Phi) is 8.34. The average Bonchev–Trinajstić information content (AvgIpc) is 2.74. The van der Waals surface area contributed by atoms with Crippen LogP contribution in [0.3, 0.4) is 0 Å². The smallest absolute Gasteiger partial charge is 0.307 e. The molecule has 0 unspecified atom stereocenters. The van der Waals surface area contributed by atoms with E-state index in [2.05, 4.69) is 0 Å². The molecule has 0 aliphatic carbocycles. The monoisotopic (exact) mass is 385 g/mol. The fourth-order valence-corrected chi connectivity index (χ4v) is 2.82. The van der Waals surface area contributed by atoms with Gasteiger partial charge in [0.15, 0.2) is 0 Å². The van der Waals surface area contributed by atoms with Gasteiger partial charge in [-0.2, -0.15) is 0 Å². The Labute approximate surface area is 166 Å². The molecule has 0 aliphatic rings. The molecule has 2 aromatic carbocycles. The molecule has 0 aromatic heterocycles. The van der Waals surface area contributed by atoms with Crippen molar-refractivity contribution >= 4 is 11.9 Å². The van der Waals surface area contributed by atoms with Crippen molar-refractivity contribution in [1.29, 1.82) is 0 Å². The van der Waals surface area contributed by atoms with E-state index >= 15 is 0 Å². The SMILES string of the molecule is CCOC(=O)CCN(CCc1ccc(OC)cc1)C(=O)c1ccccc1OC. The summed E-state index contributed by atoms with van der Waals surface area (Å²) in [5, 5.41) is 0. The van der Waals surface area contributed by atoms with Gasteiger partial charge < -0.3 is 19.1 Å². The van der Waals surface area contributed by atoms with Crippen molar-refractivity contribution in [2.75, 3.05) is 33.9 Å². The van der Waals surface area contributed by atoms with Gasteiger partial charge in [0.25, 0.3) is 5.91 Å².